The lowest BCUT2D eigenvalue weighted by molar-refractivity contribution is -0.242. The van der Waals surface area contributed by atoms with Crippen molar-refractivity contribution in [1.29, 1.82) is 0 Å². The van der Waals surface area contributed by atoms with E-state index in [4.69, 9.17) is 4.74 Å². The van der Waals surface area contributed by atoms with E-state index in [2.05, 4.69) is 13.8 Å². The summed E-state index contributed by atoms with van der Waals surface area (Å²) in [4.78, 5) is 12.7. The van der Waals surface area contributed by atoms with E-state index in [1.807, 2.05) is 0 Å². The Balaban J connectivity index is 1.50. The standard InChI is InChI=1S/C21H32O4/c1-3-14-17(22)9-16-13-5-4-12-8-18(23)21(24)10-20(12,11-25-21)15(13)6-7-19(14,16)2/h12-16,18,23-24H,3-11H2,1-2H3/t12-,13-,14-,15-,16+,18+,19+,20+,21-/m0/s1. The summed E-state index contributed by atoms with van der Waals surface area (Å²) in [6, 6.07) is 0. The monoisotopic (exact) mass is 348 g/mol. The van der Waals surface area contributed by atoms with Crippen molar-refractivity contribution in [3.63, 3.8) is 0 Å². The molecule has 5 rings (SSSR count). The molecule has 140 valence electrons. The number of hydrogen-bond donors (Lipinski definition) is 2. The smallest absolute Gasteiger partial charge is 0.192 e. The molecule has 0 aromatic carbocycles. The third-order valence-electron chi connectivity index (χ3n) is 9.49. The van der Waals surface area contributed by atoms with Gasteiger partial charge in [0.2, 0.25) is 0 Å². The van der Waals surface area contributed by atoms with Crippen LogP contribution in [0.15, 0.2) is 0 Å². The van der Waals surface area contributed by atoms with Crippen LogP contribution in [-0.2, 0) is 9.53 Å². The van der Waals surface area contributed by atoms with Gasteiger partial charge in [-0.2, -0.15) is 0 Å². The molecule has 0 amide bonds. The minimum atomic E-state index is -1.32. The molecular weight excluding hydrogens is 316 g/mol. The Bertz CT molecular complexity index is 605. The molecule has 1 saturated heterocycles. The highest BCUT2D eigenvalue weighted by Gasteiger charge is 2.68. The number of hydrogen-bond acceptors (Lipinski definition) is 4. The van der Waals surface area contributed by atoms with Crippen LogP contribution >= 0.6 is 0 Å². The van der Waals surface area contributed by atoms with Gasteiger partial charge in [-0.15, -0.1) is 0 Å². The fourth-order valence-corrected chi connectivity index (χ4v) is 8.33. The van der Waals surface area contributed by atoms with Gasteiger partial charge in [0.15, 0.2) is 5.79 Å². The largest absolute Gasteiger partial charge is 0.388 e. The van der Waals surface area contributed by atoms with Crippen LogP contribution in [0.4, 0.5) is 0 Å². The Morgan fingerprint density at radius 2 is 2.04 bits per heavy atom. The zero-order valence-electron chi connectivity index (χ0n) is 15.5. The second-order valence-corrected chi connectivity index (χ2v) is 10.1. The molecule has 0 unspecified atom stereocenters. The Morgan fingerprint density at radius 3 is 2.80 bits per heavy atom. The van der Waals surface area contributed by atoms with Crippen molar-refractivity contribution < 1.29 is 19.7 Å². The predicted molar refractivity (Wildman–Crippen MR) is 92.5 cm³/mol. The Morgan fingerprint density at radius 1 is 1.24 bits per heavy atom. The topological polar surface area (TPSA) is 66.8 Å². The average molecular weight is 348 g/mol. The van der Waals surface area contributed by atoms with Crippen LogP contribution in [0.2, 0.25) is 0 Å². The van der Waals surface area contributed by atoms with Crippen molar-refractivity contribution in [2.75, 3.05) is 6.61 Å². The number of aliphatic hydroxyl groups is 2. The molecule has 1 heterocycles. The Hall–Kier alpha value is -0.450. The third-order valence-corrected chi connectivity index (χ3v) is 9.49. The molecule has 2 N–H and O–H groups in total. The van der Waals surface area contributed by atoms with E-state index >= 15 is 0 Å². The minimum Gasteiger partial charge on any atom is -0.388 e. The first-order valence-corrected chi connectivity index (χ1v) is 10.4. The molecule has 5 fully saturated rings. The highest BCUT2D eigenvalue weighted by molar-refractivity contribution is 5.84. The van der Waals surface area contributed by atoms with Crippen LogP contribution in [0.1, 0.15) is 65.2 Å². The molecule has 4 nitrogen and oxygen atoms in total. The maximum Gasteiger partial charge on any atom is 0.192 e. The lowest BCUT2D eigenvalue weighted by Crippen LogP contribution is -2.58. The van der Waals surface area contributed by atoms with E-state index in [9.17, 15) is 15.0 Å². The molecule has 0 aromatic rings. The highest BCUT2D eigenvalue weighted by atomic mass is 16.6. The normalized spacial score (nSPS) is 60.1. The molecule has 2 bridgehead atoms. The van der Waals surface area contributed by atoms with Gasteiger partial charge in [0, 0.05) is 24.2 Å². The molecule has 25 heavy (non-hydrogen) atoms. The average Bonchev–Trinajstić information content (AvgIpc) is 3.02. The van der Waals surface area contributed by atoms with Crippen LogP contribution in [0.25, 0.3) is 0 Å². The number of rotatable bonds is 1. The minimum absolute atomic E-state index is 0.0333. The molecule has 5 aliphatic rings. The number of Topliss-reactive ketones (excluding diaryl/α,β-unsaturated/α-hetero) is 1. The van der Waals surface area contributed by atoms with Gasteiger partial charge < -0.3 is 14.9 Å². The summed E-state index contributed by atoms with van der Waals surface area (Å²) in [5.41, 5.74) is 0.214. The first kappa shape index (κ1) is 16.7. The maximum atomic E-state index is 12.7. The molecule has 9 atom stereocenters. The lowest BCUT2D eigenvalue weighted by Gasteiger charge is -2.60. The molecule has 0 aromatic heterocycles. The van der Waals surface area contributed by atoms with Crippen LogP contribution in [0, 0.1) is 40.4 Å². The van der Waals surface area contributed by atoms with Gasteiger partial charge in [0.1, 0.15) is 11.9 Å². The van der Waals surface area contributed by atoms with Crippen molar-refractivity contribution >= 4 is 5.78 Å². The summed E-state index contributed by atoms with van der Waals surface area (Å²) in [5.74, 6) is 1.55. The number of carbonyl (C=O) groups excluding carboxylic acids is 1. The number of fused-ring (bicyclic) bond motifs is 4. The van der Waals surface area contributed by atoms with Crippen LogP contribution in [0.5, 0.6) is 0 Å². The number of ketones is 1. The SMILES string of the molecule is CC[C@H]1C(=O)C[C@@H]2[C@H]3CC[C@H]4C[C@@H](O)[C@]5(O)C[C@]4(CO5)[C@H]3CC[C@@]21C. The Labute approximate surface area is 150 Å². The van der Waals surface area contributed by atoms with Crippen molar-refractivity contribution in [1.82, 2.24) is 0 Å². The van der Waals surface area contributed by atoms with Gasteiger partial charge in [-0.25, -0.2) is 0 Å². The lowest BCUT2D eigenvalue weighted by atomic mass is 9.44. The second-order valence-electron chi connectivity index (χ2n) is 10.1. The molecule has 1 spiro atoms. The summed E-state index contributed by atoms with van der Waals surface area (Å²) in [6.45, 7) is 5.15. The van der Waals surface area contributed by atoms with Crippen LogP contribution in [-0.4, -0.2) is 34.5 Å². The zero-order chi connectivity index (χ0) is 17.6. The van der Waals surface area contributed by atoms with E-state index in [0.29, 0.717) is 48.9 Å². The van der Waals surface area contributed by atoms with E-state index < -0.39 is 11.9 Å². The summed E-state index contributed by atoms with van der Waals surface area (Å²) in [5, 5.41) is 21.1. The van der Waals surface area contributed by atoms with E-state index in [0.717, 1.165) is 32.1 Å². The van der Waals surface area contributed by atoms with E-state index in [1.165, 1.54) is 6.42 Å². The second kappa shape index (κ2) is 5.08. The van der Waals surface area contributed by atoms with E-state index in [1.54, 1.807) is 0 Å². The van der Waals surface area contributed by atoms with Gasteiger partial charge in [0.05, 0.1) is 6.61 Å². The summed E-state index contributed by atoms with van der Waals surface area (Å²) < 4.78 is 5.82. The predicted octanol–water partition coefficient (Wildman–Crippen LogP) is 2.90. The summed E-state index contributed by atoms with van der Waals surface area (Å²) in [7, 11) is 0. The van der Waals surface area contributed by atoms with Crippen LogP contribution in [0.3, 0.4) is 0 Å². The molecule has 4 aliphatic carbocycles. The van der Waals surface area contributed by atoms with Gasteiger partial charge in [0.25, 0.3) is 0 Å². The van der Waals surface area contributed by atoms with Crippen molar-refractivity contribution in [2.45, 2.75) is 77.1 Å². The van der Waals surface area contributed by atoms with Gasteiger partial charge in [-0.1, -0.05) is 13.8 Å². The fourth-order valence-electron chi connectivity index (χ4n) is 8.33. The highest BCUT2D eigenvalue weighted by Crippen LogP contribution is 2.69. The Kier molecular flexibility index (Phi) is 3.39. The van der Waals surface area contributed by atoms with Gasteiger partial charge >= 0.3 is 0 Å². The van der Waals surface area contributed by atoms with Crippen LogP contribution < -0.4 is 0 Å². The van der Waals surface area contributed by atoms with E-state index in [-0.39, 0.29) is 16.7 Å². The summed E-state index contributed by atoms with van der Waals surface area (Å²) in [6.07, 6.45) is 6.89. The third kappa shape index (κ3) is 1.92. The molecule has 0 radical (unpaired) electrons. The zero-order valence-corrected chi connectivity index (χ0v) is 15.5. The van der Waals surface area contributed by atoms with Gasteiger partial charge in [-0.3, -0.25) is 4.79 Å². The first-order valence-electron chi connectivity index (χ1n) is 10.4. The molecule has 4 saturated carbocycles. The molecule has 1 aliphatic heterocycles. The number of carbonyl (C=O) groups is 1. The van der Waals surface area contributed by atoms with Gasteiger partial charge in [-0.05, 0) is 67.6 Å². The van der Waals surface area contributed by atoms with Crippen molar-refractivity contribution in [3.8, 4) is 0 Å². The summed E-state index contributed by atoms with van der Waals surface area (Å²) >= 11 is 0. The number of aliphatic hydroxyl groups excluding tert-OH is 1. The number of ether oxygens (including phenoxy) is 1. The maximum absolute atomic E-state index is 12.7. The molecular formula is C21H32O4. The quantitative estimate of drug-likeness (QED) is 0.765. The van der Waals surface area contributed by atoms with Crippen molar-refractivity contribution in [2.24, 2.45) is 40.4 Å². The molecule has 4 heteroatoms. The van der Waals surface area contributed by atoms with Crippen molar-refractivity contribution in [3.05, 3.63) is 0 Å². The first-order chi connectivity index (χ1) is 11.8. The fraction of sp³-hybridized carbons (Fsp3) is 0.952.